The quantitative estimate of drug-likeness (QED) is 0.573. The number of ether oxygens (including phenoxy) is 2. The topological polar surface area (TPSA) is 67.9 Å². The third kappa shape index (κ3) is 6.79. The predicted molar refractivity (Wildman–Crippen MR) is 118 cm³/mol. The summed E-state index contributed by atoms with van der Waals surface area (Å²) >= 11 is 0. The van der Waals surface area contributed by atoms with Crippen LogP contribution in [0, 0.1) is 0 Å². The van der Waals surface area contributed by atoms with E-state index in [1.165, 1.54) is 0 Å². The largest absolute Gasteiger partial charge is 0.497 e. The summed E-state index contributed by atoms with van der Waals surface area (Å²) in [5, 5.41) is 2.93. The fourth-order valence-electron chi connectivity index (χ4n) is 3.11. The molecule has 0 saturated heterocycles. The lowest BCUT2D eigenvalue weighted by Gasteiger charge is -2.29. The third-order valence-corrected chi connectivity index (χ3v) is 5.00. The molecule has 2 aromatic rings. The van der Waals surface area contributed by atoms with Crippen LogP contribution in [0.1, 0.15) is 37.8 Å². The van der Waals surface area contributed by atoms with Crippen molar-refractivity contribution < 1.29 is 19.1 Å². The van der Waals surface area contributed by atoms with Crippen molar-refractivity contribution in [3.63, 3.8) is 0 Å². The molecule has 2 aromatic carbocycles. The molecule has 1 N–H and O–H groups in total. The Bertz CT molecular complexity index is 820. The van der Waals surface area contributed by atoms with Gasteiger partial charge in [-0.2, -0.15) is 0 Å². The second-order valence-electron chi connectivity index (χ2n) is 7.22. The molecule has 30 heavy (non-hydrogen) atoms. The Morgan fingerprint density at radius 3 is 2.33 bits per heavy atom. The molecule has 2 rings (SSSR count). The van der Waals surface area contributed by atoms with E-state index in [0.717, 1.165) is 35.5 Å². The Morgan fingerprint density at radius 1 is 1.00 bits per heavy atom. The van der Waals surface area contributed by atoms with Gasteiger partial charge in [0, 0.05) is 13.1 Å². The van der Waals surface area contributed by atoms with E-state index < -0.39 is 6.04 Å². The number of nitrogens with one attached hydrogen (secondary N) is 1. The summed E-state index contributed by atoms with van der Waals surface area (Å²) in [4.78, 5) is 27.5. The van der Waals surface area contributed by atoms with Gasteiger partial charge in [0.05, 0.1) is 20.6 Å². The average molecular weight is 413 g/mol. The fourth-order valence-corrected chi connectivity index (χ4v) is 3.11. The van der Waals surface area contributed by atoms with Crippen molar-refractivity contribution in [2.75, 3.05) is 20.8 Å². The number of benzene rings is 2. The van der Waals surface area contributed by atoms with Gasteiger partial charge in [0.2, 0.25) is 11.8 Å². The zero-order valence-corrected chi connectivity index (χ0v) is 18.3. The highest BCUT2D eigenvalue weighted by Gasteiger charge is 2.26. The molecule has 6 heteroatoms. The number of amides is 2. The minimum Gasteiger partial charge on any atom is -0.497 e. The van der Waals surface area contributed by atoms with Crippen LogP contribution in [-0.2, 0) is 22.6 Å². The van der Waals surface area contributed by atoms with Gasteiger partial charge in [-0.15, -0.1) is 0 Å². The molecule has 0 heterocycles. The minimum atomic E-state index is -0.584. The summed E-state index contributed by atoms with van der Waals surface area (Å²) in [6.45, 7) is 4.78. The highest BCUT2D eigenvalue weighted by molar-refractivity contribution is 5.88. The van der Waals surface area contributed by atoms with Crippen LogP contribution in [-0.4, -0.2) is 43.5 Å². The molecule has 0 aromatic heterocycles. The van der Waals surface area contributed by atoms with Crippen LogP contribution in [0.2, 0.25) is 0 Å². The summed E-state index contributed by atoms with van der Waals surface area (Å²) in [5.41, 5.74) is 1.78. The molecule has 0 saturated carbocycles. The molecule has 0 bridgehead atoms. The van der Waals surface area contributed by atoms with Crippen LogP contribution in [0.15, 0.2) is 48.5 Å². The van der Waals surface area contributed by atoms with Gasteiger partial charge in [-0.25, -0.2) is 0 Å². The van der Waals surface area contributed by atoms with Crippen molar-refractivity contribution in [3.05, 3.63) is 59.7 Å². The monoisotopic (exact) mass is 412 g/mol. The van der Waals surface area contributed by atoms with Crippen molar-refractivity contribution in [1.82, 2.24) is 10.2 Å². The molecule has 0 aliphatic rings. The molecular formula is C24H32N2O4. The number of rotatable bonds is 11. The first kappa shape index (κ1) is 23.3. The number of hydrogen-bond donors (Lipinski definition) is 1. The molecule has 0 aliphatic heterocycles. The number of unbranched alkanes of at least 4 members (excludes halogenated alkanes) is 1. The van der Waals surface area contributed by atoms with Gasteiger partial charge in [-0.3, -0.25) is 9.59 Å². The van der Waals surface area contributed by atoms with Gasteiger partial charge in [-0.1, -0.05) is 37.6 Å². The Labute approximate surface area is 179 Å². The molecule has 0 fully saturated rings. The second-order valence-corrected chi connectivity index (χ2v) is 7.22. The summed E-state index contributed by atoms with van der Waals surface area (Å²) in [6.07, 6.45) is 2.12. The molecular weight excluding hydrogens is 380 g/mol. The first-order valence-electron chi connectivity index (χ1n) is 10.3. The Morgan fingerprint density at radius 2 is 1.70 bits per heavy atom. The normalized spacial score (nSPS) is 11.5. The number of carbonyl (C=O) groups excluding carboxylic acids is 2. The second kappa shape index (κ2) is 11.9. The first-order valence-corrected chi connectivity index (χ1v) is 10.3. The van der Waals surface area contributed by atoms with E-state index in [2.05, 4.69) is 12.2 Å². The van der Waals surface area contributed by atoms with Crippen LogP contribution >= 0.6 is 0 Å². The zero-order chi connectivity index (χ0) is 21.9. The van der Waals surface area contributed by atoms with Crippen LogP contribution in [0.3, 0.4) is 0 Å². The molecule has 0 aliphatic carbocycles. The molecule has 1 atom stereocenters. The highest BCUT2D eigenvalue weighted by atomic mass is 16.5. The number of methoxy groups -OCH3 is 2. The standard InChI is InChI=1S/C24H32N2O4/c1-5-6-14-25-24(28)18(2)26(17-20-8-7-9-22(15-20)30-4)23(27)16-19-10-12-21(29-3)13-11-19/h7-13,15,18H,5-6,14,16-17H2,1-4H3,(H,25,28)/t18-/m1/s1. The van der Waals surface area contributed by atoms with E-state index in [1.807, 2.05) is 48.5 Å². The zero-order valence-electron chi connectivity index (χ0n) is 18.3. The van der Waals surface area contributed by atoms with Crippen molar-refractivity contribution in [2.24, 2.45) is 0 Å². The van der Waals surface area contributed by atoms with E-state index >= 15 is 0 Å². The van der Waals surface area contributed by atoms with Gasteiger partial charge in [0.1, 0.15) is 17.5 Å². The lowest BCUT2D eigenvalue weighted by molar-refractivity contribution is -0.140. The smallest absolute Gasteiger partial charge is 0.242 e. The maximum Gasteiger partial charge on any atom is 0.242 e. The van der Waals surface area contributed by atoms with E-state index in [1.54, 1.807) is 26.0 Å². The van der Waals surface area contributed by atoms with Gasteiger partial charge in [0.25, 0.3) is 0 Å². The lowest BCUT2D eigenvalue weighted by atomic mass is 10.1. The minimum absolute atomic E-state index is 0.110. The van der Waals surface area contributed by atoms with E-state index in [0.29, 0.717) is 13.1 Å². The average Bonchev–Trinajstić information content (AvgIpc) is 2.77. The van der Waals surface area contributed by atoms with Gasteiger partial charge in [0.15, 0.2) is 0 Å². The Kier molecular flexibility index (Phi) is 9.19. The van der Waals surface area contributed by atoms with Crippen molar-refractivity contribution >= 4 is 11.8 Å². The van der Waals surface area contributed by atoms with Crippen LogP contribution in [0.4, 0.5) is 0 Å². The maximum atomic E-state index is 13.2. The SMILES string of the molecule is CCCCNC(=O)[C@@H](C)N(Cc1cccc(OC)c1)C(=O)Cc1ccc(OC)cc1. The van der Waals surface area contributed by atoms with Gasteiger partial charge >= 0.3 is 0 Å². The number of hydrogen-bond acceptors (Lipinski definition) is 4. The van der Waals surface area contributed by atoms with E-state index in [9.17, 15) is 9.59 Å². The molecule has 0 radical (unpaired) electrons. The van der Waals surface area contributed by atoms with Crippen LogP contribution in [0.25, 0.3) is 0 Å². The molecule has 6 nitrogen and oxygen atoms in total. The van der Waals surface area contributed by atoms with Crippen molar-refractivity contribution in [3.8, 4) is 11.5 Å². The number of carbonyl (C=O) groups is 2. The first-order chi connectivity index (χ1) is 14.5. The predicted octanol–water partition coefficient (Wildman–Crippen LogP) is 3.58. The Hall–Kier alpha value is -3.02. The van der Waals surface area contributed by atoms with E-state index in [-0.39, 0.29) is 18.2 Å². The molecule has 162 valence electrons. The highest BCUT2D eigenvalue weighted by Crippen LogP contribution is 2.18. The fraction of sp³-hybridized carbons (Fsp3) is 0.417. The molecule has 0 unspecified atom stereocenters. The summed E-state index contributed by atoms with van der Waals surface area (Å²) in [6, 6.07) is 14.4. The lowest BCUT2D eigenvalue weighted by Crippen LogP contribution is -2.48. The van der Waals surface area contributed by atoms with Crippen molar-refractivity contribution in [2.45, 2.75) is 45.7 Å². The third-order valence-electron chi connectivity index (χ3n) is 5.00. The summed E-state index contributed by atoms with van der Waals surface area (Å²) in [7, 11) is 3.21. The number of nitrogens with zero attached hydrogens (tertiary/aromatic N) is 1. The van der Waals surface area contributed by atoms with Gasteiger partial charge < -0.3 is 19.7 Å². The Balaban J connectivity index is 2.19. The maximum absolute atomic E-state index is 13.2. The summed E-state index contributed by atoms with van der Waals surface area (Å²) < 4.78 is 10.5. The van der Waals surface area contributed by atoms with Gasteiger partial charge in [-0.05, 0) is 48.7 Å². The van der Waals surface area contributed by atoms with Crippen LogP contribution < -0.4 is 14.8 Å². The van der Waals surface area contributed by atoms with Crippen LogP contribution in [0.5, 0.6) is 11.5 Å². The van der Waals surface area contributed by atoms with E-state index in [4.69, 9.17) is 9.47 Å². The molecule has 2 amide bonds. The summed E-state index contributed by atoms with van der Waals surface area (Å²) in [5.74, 6) is 1.20. The van der Waals surface area contributed by atoms with Crippen molar-refractivity contribution in [1.29, 1.82) is 0 Å². The molecule has 0 spiro atoms.